The van der Waals surface area contributed by atoms with E-state index in [1.807, 2.05) is 25.1 Å². The molecule has 2 aromatic heterocycles. The molecule has 0 fully saturated rings. The van der Waals surface area contributed by atoms with Gasteiger partial charge in [-0.1, -0.05) is 6.07 Å². The van der Waals surface area contributed by atoms with E-state index in [2.05, 4.69) is 20.4 Å². The fraction of sp³-hybridized carbons (Fsp3) is 0.263. The Labute approximate surface area is 166 Å². The van der Waals surface area contributed by atoms with Crippen LogP contribution in [0.15, 0.2) is 36.7 Å². The second-order valence-electron chi connectivity index (χ2n) is 6.16. The third-order valence-electron chi connectivity index (χ3n) is 4.46. The number of rotatable bonds is 4. The lowest BCUT2D eigenvalue weighted by molar-refractivity contribution is -0.113. The first-order valence-corrected chi connectivity index (χ1v) is 9.67. The van der Waals surface area contributed by atoms with Gasteiger partial charge in [0.25, 0.3) is 5.95 Å². The highest BCUT2D eigenvalue weighted by atomic mass is 32.2. The molecule has 28 heavy (non-hydrogen) atoms. The number of thioether (sulfide) groups is 1. The molecule has 0 bridgehead atoms. The molecule has 1 aliphatic heterocycles. The number of ether oxygens (including phenoxy) is 2. The summed E-state index contributed by atoms with van der Waals surface area (Å²) in [4.78, 5) is 20.9. The lowest BCUT2D eigenvalue weighted by atomic mass is 10.0. The van der Waals surface area contributed by atoms with Crippen LogP contribution in [-0.4, -0.2) is 45.6 Å². The Morgan fingerprint density at radius 1 is 1.18 bits per heavy atom. The van der Waals surface area contributed by atoms with E-state index >= 15 is 0 Å². The highest BCUT2D eigenvalue weighted by Gasteiger charge is 2.31. The molecule has 0 radical (unpaired) electrons. The summed E-state index contributed by atoms with van der Waals surface area (Å²) in [6, 6.07) is 7.52. The summed E-state index contributed by atoms with van der Waals surface area (Å²) in [5.41, 5.74) is 2.73. The zero-order valence-electron chi connectivity index (χ0n) is 15.7. The van der Waals surface area contributed by atoms with Crippen LogP contribution in [0.3, 0.4) is 0 Å². The van der Waals surface area contributed by atoms with Gasteiger partial charge in [0.15, 0.2) is 11.5 Å². The van der Waals surface area contributed by atoms with Crippen LogP contribution < -0.4 is 14.8 Å². The van der Waals surface area contributed by atoms with Crippen molar-refractivity contribution in [2.75, 3.05) is 25.3 Å². The molecule has 0 unspecified atom stereocenters. The van der Waals surface area contributed by atoms with E-state index in [4.69, 9.17) is 9.47 Å². The Balaban J connectivity index is 1.87. The van der Waals surface area contributed by atoms with Gasteiger partial charge in [-0.25, -0.2) is 9.97 Å². The molecule has 1 N–H and O–H groups in total. The van der Waals surface area contributed by atoms with E-state index < -0.39 is 0 Å². The van der Waals surface area contributed by atoms with Gasteiger partial charge in [0.1, 0.15) is 5.82 Å². The number of fused-ring (bicyclic) bond motifs is 1. The second-order valence-corrected chi connectivity index (χ2v) is 7.26. The van der Waals surface area contributed by atoms with Crippen molar-refractivity contribution >= 4 is 23.5 Å². The van der Waals surface area contributed by atoms with Crippen molar-refractivity contribution in [2.24, 2.45) is 0 Å². The predicted molar refractivity (Wildman–Crippen MR) is 106 cm³/mol. The number of carbonyl (C=O) groups excluding carboxylic acids is 1. The third-order valence-corrected chi connectivity index (χ3v) is 5.73. The maximum atomic E-state index is 12.4. The number of anilines is 1. The quantitative estimate of drug-likeness (QED) is 0.724. The molecule has 1 amide bonds. The molecule has 0 spiro atoms. The standard InChI is InChI=1S/C19H19N5O3S/c1-11-16-17(12-5-6-13(26-2)14(9-12)27-3)28-10-15(25)22-18(16)24(23-11)19-20-7-4-8-21-19/h4-9,17H,10H2,1-3H3,(H,22,25)/t17-/m0/s1. The Hall–Kier alpha value is -3.07. The SMILES string of the molecule is COc1ccc([C@@H]2SCC(=O)Nc3c2c(C)nn3-c2ncccn2)cc1OC. The van der Waals surface area contributed by atoms with Crippen molar-refractivity contribution in [3.63, 3.8) is 0 Å². The minimum atomic E-state index is -0.105. The summed E-state index contributed by atoms with van der Waals surface area (Å²) in [6.07, 6.45) is 3.29. The van der Waals surface area contributed by atoms with E-state index in [0.717, 1.165) is 16.8 Å². The molecule has 3 heterocycles. The van der Waals surface area contributed by atoms with Crippen LogP contribution in [0.2, 0.25) is 0 Å². The van der Waals surface area contributed by atoms with Crippen molar-refractivity contribution < 1.29 is 14.3 Å². The Kier molecular flexibility index (Phi) is 4.91. The van der Waals surface area contributed by atoms with Crippen LogP contribution in [0.5, 0.6) is 11.5 Å². The van der Waals surface area contributed by atoms with Gasteiger partial charge in [0, 0.05) is 18.0 Å². The van der Waals surface area contributed by atoms with Gasteiger partial charge in [0.05, 0.1) is 30.9 Å². The van der Waals surface area contributed by atoms with Crippen LogP contribution in [0.4, 0.5) is 5.82 Å². The van der Waals surface area contributed by atoms with Crippen molar-refractivity contribution in [1.82, 2.24) is 19.7 Å². The number of hydrogen-bond acceptors (Lipinski definition) is 7. The summed E-state index contributed by atoms with van der Waals surface area (Å²) >= 11 is 1.54. The predicted octanol–water partition coefficient (Wildman–Crippen LogP) is 2.76. The normalized spacial score (nSPS) is 16.1. The molecule has 0 saturated heterocycles. The van der Waals surface area contributed by atoms with Crippen LogP contribution in [0.1, 0.15) is 22.1 Å². The monoisotopic (exact) mass is 397 g/mol. The van der Waals surface area contributed by atoms with Crippen molar-refractivity contribution in [2.45, 2.75) is 12.2 Å². The van der Waals surface area contributed by atoms with E-state index in [1.54, 1.807) is 49.1 Å². The molecule has 3 aromatic rings. The molecule has 8 nitrogen and oxygen atoms in total. The van der Waals surface area contributed by atoms with Gasteiger partial charge in [0.2, 0.25) is 5.91 Å². The van der Waals surface area contributed by atoms with Gasteiger partial charge in [-0.3, -0.25) is 4.79 Å². The molecule has 0 aliphatic carbocycles. The Morgan fingerprint density at radius 2 is 1.93 bits per heavy atom. The molecule has 144 valence electrons. The summed E-state index contributed by atoms with van der Waals surface area (Å²) in [7, 11) is 3.21. The van der Waals surface area contributed by atoms with Gasteiger partial charge in [-0.2, -0.15) is 9.78 Å². The summed E-state index contributed by atoms with van der Waals surface area (Å²) in [5, 5.41) is 7.46. The van der Waals surface area contributed by atoms with E-state index in [9.17, 15) is 4.79 Å². The number of benzene rings is 1. The first kappa shape index (κ1) is 18.3. The summed E-state index contributed by atoms with van der Waals surface area (Å²) in [6.45, 7) is 1.92. The fourth-order valence-electron chi connectivity index (χ4n) is 3.21. The Bertz CT molecular complexity index is 1020. The molecule has 1 aromatic carbocycles. The average Bonchev–Trinajstić information content (AvgIpc) is 2.93. The minimum Gasteiger partial charge on any atom is -0.493 e. The highest BCUT2D eigenvalue weighted by molar-refractivity contribution is 8.00. The fourth-order valence-corrected chi connectivity index (χ4v) is 4.39. The van der Waals surface area contributed by atoms with Gasteiger partial charge in [-0.05, 0) is 30.7 Å². The molecular formula is C19H19N5O3S. The minimum absolute atomic E-state index is 0.0914. The summed E-state index contributed by atoms with van der Waals surface area (Å²) in [5.74, 6) is 2.53. The highest BCUT2D eigenvalue weighted by Crippen LogP contribution is 2.45. The number of methoxy groups -OCH3 is 2. The Morgan fingerprint density at radius 3 is 2.64 bits per heavy atom. The zero-order valence-corrected chi connectivity index (χ0v) is 16.5. The van der Waals surface area contributed by atoms with Crippen LogP contribution in [-0.2, 0) is 4.79 Å². The molecule has 1 aliphatic rings. The molecule has 0 saturated carbocycles. The number of nitrogens with zero attached hydrogens (tertiary/aromatic N) is 4. The van der Waals surface area contributed by atoms with Crippen molar-refractivity contribution in [3.8, 4) is 17.4 Å². The molecule has 9 heteroatoms. The van der Waals surface area contributed by atoms with E-state index in [-0.39, 0.29) is 11.2 Å². The largest absolute Gasteiger partial charge is 0.493 e. The second kappa shape index (κ2) is 7.51. The van der Waals surface area contributed by atoms with Crippen molar-refractivity contribution in [1.29, 1.82) is 0 Å². The number of aryl methyl sites for hydroxylation is 1. The maximum Gasteiger partial charge on any atom is 0.252 e. The van der Waals surface area contributed by atoms with Gasteiger partial charge < -0.3 is 14.8 Å². The molecular weight excluding hydrogens is 378 g/mol. The van der Waals surface area contributed by atoms with E-state index in [1.165, 1.54) is 0 Å². The number of amides is 1. The summed E-state index contributed by atoms with van der Waals surface area (Å²) < 4.78 is 12.4. The van der Waals surface area contributed by atoms with Crippen LogP contribution in [0.25, 0.3) is 5.95 Å². The van der Waals surface area contributed by atoms with Crippen LogP contribution in [0, 0.1) is 6.92 Å². The van der Waals surface area contributed by atoms with Gasteiger partial charge in [-0.15, -0.1) is 11.8 Å². The van der Waals surface area contributed by atoms with E-state index in [0.29, 0.717) is 29.0 Å². The first-order valence-electron chi connectivity index (χ1n) is 8.62. The first-order chi connectivity index (χ1) is 13.6. The van der Waals surface area contributed by atoms with Crippen LogP contribution >= 0.6 is 11.8 Å². The lowest BCUT2D eigenvalue weighted by Crippen LogP contribution is -2.16. The maximum absolute atomic E-state index is 12.4. The van der Waals surface area contributed by atoms with Crippen molar-refractivity contribution in [3.05, 3.63) is 53.5 Å². The third kappa shape index (κ3) is 3.18. The topological polar surface area (TPSA) is 91.2 Å². The smallest absolute Gasteiger partial charge is 0.252 e. The number of aromatic nitrogens is 4. The van der Waals surface area contributed by atoms with Gasteiger partial charge >= 0.3 is 0 Å². The lowest BCUT2D eigenvalue weighted by Gasteiger charge is -2.17. The zero-order chi connectivity index (χ0) is 19.7. The average molecular weight is 397 g/mol. The number of nitrogens with one attached hydrogen (secondary N) is 1. The molecule has 4 rings (SSSR count). The molecule has 1 atom stereocenters. The number of hydrogen-bond donors (Lipinski definition) is 1. The number of carbonyl (C=O) groups is 1.